The number of benzene rings is 3. The van der Waals surface area contributed by atoms with Crippen molar-refractivity contribution in [3.63, 3.8) is 0 Å². The first-order valence-electron chi connectivity index (χ1n) is 11.3. The Morgan fingerprint density at radius 2 is 1.69 bits per heavy atom. The van der Waals surface area contributed by atoms with Gasteiger partial charge in [0.25, 0.3) is 5.91 Å². The van der Waals surface area contributed by atoms with Gasteiger partial charge in [0.2, 0.25) is 0 Å². The summed E-state index contributed by atoms with van der Waals surface area (Å²) in [4.78, 5) is 19.4. The average molecular weight is 480 g/mol. The van der Waals surface area contributed by atoms with E-state index in [0.29, 0.717) is 10.6 Å². The Labute approximate surface area is 208 Å². The standard InChI is InChI=1S/C29H25N3O2S/c1-17-8-7-11-23(18(17)2)31-28(33)27-26(30)25-22(19-12-14-21(34-3)15-13-19)16-24(32-29(25)35-27)20-9-5-4-6-10-20/h4-16H,30H2,1-3H3,(H,31,33). The molecule has 2 aromatic heterocycles. The fraction of sp³-hybridized carbons (Fsp3) is 0.103. The summed E-state index contributed by atoms with van der Waals surface area (Å²) in [6, 6.07) is 25.7. The van der Waals surface area contributed by atoms with Crippen LogP contribution in [0.15, 0.2) is 78.9 Å². The number of hydrogen-bond acceptors (Lipinski definition) is 5. The van der Waals surface area contributed by atoms with Crippen molar-refractivity contribution < 1.29 is 9.53 Å². The van der Waals surface area contributed by atoms with E-state index in [2.05, 4.69) is 5.32 Å². The highest BCUT2D eigenvalue weighted by molar-refractivity contribution is 7.21. The number of methoxy groups -OCH3 is 1. The molecule has 5 rings (SSSR count). The Balaban J connectivity index is 1.67. The monoisotopic (exact) mass is 479 g/mol. The van der Waals surface area contributed by atoms with E-state index >= 15 is 0 Å². The number of pyridine rings is 1. The predicted octanol–water partition coefficient (Wildman–Crippen LogP) is 7.09. The zero-order chi connectivity index (χ0) is 24.5. The summed E-state index contributed by atoms with van der Waals surface area (Å²) >= 11 is 1.31. The molecule has 0 bridgehead atoms. The lowest BCUT2D eigenvalue weighted by molar-refractivity contribution is 0.103. The van der Waals surface area contributed by atoms with Crippen LogP contribution in [0.5, 0.6) is 5.75 Å². The van der Waals surface area contributed by atoms with Crippen molar-refractivity contribution >= 4 is 38.8 Å². The third kappa shape index (κ3) is 4.24. The first kappa shape index (κ1) is 22.6. The summed E-state index contributed by atoms with van der Waals surface area (Å²) in [7, 11) is 1.64. The Morgan fingerprint density at radius 3 is 2.40 bits per heavy atom. The zero-order valence-electron chi connectivity index (χ0n) is 19.8. The van der Waals surface area contributed by atoms with Crippen LogP contribution >= 0.6 is 11.3 Å². The minimum absolute atomic E-state index is 0.235. The van der Waals surface area contributed by atoms with Gasteiger partial charge in [0, 0.05) is 16.6 Å². The molecule has 0 aliphatic heterocycles. The molecule has 5 aromatic rings. The van der Waals surface area contributed by atoms with Crippen LogP contribution in [0.4, 0.5) is 11.4 Å². The van der Waals surface area contributed by atoms with Gasteiger partial charge in [-0.1, -0.05) is 54.6 Å². The van der Waals surface area contributed by atoms with E-state index in [4.69, 9.17) is 15.5 Å². The summed E-state index contributed by atoms with van der Waals surface area (Å²) < 4.78 is 5.33. The number of aryl methyl sites for hydroxylation is 1. The van der Waals surface area contributed by atoms with Gasteiger partial charge in [-0.05, 0) is 60.4 Å². The number of nitrogen functional groups attached to an aromatic ring is 1. The molecule has 2 heterocycles. The van der Waals surface area contributed by atoms with Gasteiger partial charge in [-0.15, -0.1) is 11.3 Å². The number of nitrogens with zero attached hydrogens (tertiary/aromatic N) is 1. The van der Waals surface area contributed by atoms with Crippen molar-refractivity contribution in [3.05, 3.63) is 94.9 Å². The first-order valence-corrected chi connectivity index (χ1v) is 12.1. The van der Waals surface area contributed by atoms with Crippen molar-refractivity contribution in [3.8, 4) is 28.1 Å². The summed E-state index contributed by atoms with van der Waals surface area (Å²) in [5, 5.41) is 3.82. The highest BCUT2D eigenvalue weighted by Gasteiger charge is 2.22. The van der Waals surface area contributed by atoms with Crippen LogP contribution in [0, 0.1) is 13.8 Å². The number of ether oxygens (including phenoxy) is 1. The Hall–Kier alpha value is -4.16. The van der Waals surface area contributed by atoms with Crippen molar-refractivity contribution in [2.24, 2.45) is 0 Å². The lowest BCUT2D eigenvalue weighted by atomic mass is 9.99. The van der Waals surface area contributed by atoms with Gasteiger partial charge in [-0.25, -0.2) is 4.98 Å². The molecule has 0 fully saturated rings. The van der Waals surface area contributed by atoms with Gasteiger partial charge in [-0.2, -0.15) is 0 Å². The van der Waals surface area contributed by atoms with Crippen molar-refractivity contribution in [2.45, 2.75) is 13.8 Å². The molecule has 0 saturated heterocycles. The molecule has 0 atom stereocenters. The van der Waals surface area contributed by atoms with E-state index in [-0.39, 0.29) is 5.91 Å². The molecule has 1 amide bonds. The van der Waals surface area contributed by atoms with Gasteiger partial charge < -0.3 is 15.8 Å². The minimum atomic E-state index is -0.235. The highest BCUT2D eigenvalue weighted by Crippen LogP contribution is 2.42. The van der Waals surface area contributed by atoms with E-state index in [1.54, 1.807) is 7.11 Å². The van der Waals surface area contributed by atoms with E-state index in [1.807, 2.05) is 92.7 Å². The van der Waals surface area contributed by atoms with Gasteiger partial charge in [0.15, 0.2) is 0 Å². The topological polar surface area (TPSA) is 77.2 Å². The molecule has 6 heteroatoms. The lowest BCUT2D eigenvalue weighted by Gasteiger charge is -2.10. The number of hydrogen-bond donors (Lipinski definition) is 2. The Morgan fingerprint density at radius 1 is 0.943 bits per heavy atom. The average Bonchev–Trinajstić information content (AvgIpc) is 3.23. The van der Waals surface area contributed by atoms with E-state index in [9.17, 15) is 4.79 Å². The predicted molar refractivity (Wildman–Crippen MR) is 145 cm³/mol. The highest BCUT2D eigenvalue weighted by atomic mass is 32.1. The number of thiophene rings is 1. The molecular weight excluding hydrogens is 454 g/mol. The number of rotatable bonds is 5. The SMILES string of the molecule is COc1ccc(-c2cc(-c3ccccc3)nc3sc(C(=O)Nc4cccc(C)c4C)c(N)c23)cc1. The molecule has 35 heavy (non-hydrogen) atoms. The number of carbonyl (C=O) groups is 1. The maximum Gasteiger partial charge on any atom is 0.267 e. The van der Waals surface area contributed by atoms with Crippen LogP contribution in [0.2, 0.25) is 0 Å². The van der Waals surface area contributed by atoms with Gasteiger partial charge in [0.1, 0.15) is 15.5 Å². The Bertz CT molecular complexity index is 1540. The summed E-state index contributed by atoms with van der Waals surface area (Å²) in [6.07, 6.45) is 0. The van der Waals surface area contributed by atoms with E-state index in [1.165, 1.54) is 11.3 Å². The normalized spacial score (nSPS) is 10.9. The summed E-state index contributed by atoms with van der Waals surface area (Å²) in [6.45, 7) is 4.02. The van der Waals surface area contributed by atoms with Crippen molar-refractivity contribution in [2.75, 3.05) is 18.2 Å². The molecule has 0 unspecified atom stereocenters. The molecular formula is C29H25N3O2S. The number of amides is 1. The van der Waals surface area contributed by atoms with E-state index in [0.717, 1.165) is 55.2 Å². The van der Waals surface area contributed by atoms with Crippen LogP contribution < -0.4 is 15.8 Å². The number of carbonyl (C=O) groups excluding carboxylic acids is 1. The van der Waals surface area contributed by atoms with Crippen LogP contribution in [-0.2, 0) is 0 Å². The van der Waals surface area contributed by atoms with Crippen molar-refractivity contribution in [1.29, 1.82) is 0 Å². The second-order valence-electron chi connectivity index (χ2n) is 8.38. The summed E-state index contributed by atoms with van der Waals surface area (Å²) in [5.41, 5.74) is 13.7. The van der Waals surface area contributed by atoms with Crippen LogP contribution in [0.3, 0.4) is 0 Å². The molecule has 0 radical (unpaired) electrons. The van der Waals surface area contributed by atoms with Crippen LogP contribution in [0.25, 0.3) is 32.6 Å². The molecule has 0 aliphatic rings. The molecule has 3 aromatic carbocycles. The fourth-order valence-corrected chi connectivity index (χ4v) is 5.13. The number of anilines is 2. The zero-order valence-corrected chi connectivity index (χ0v) is 20.6. The lowest BCUT2D eigenvalue weighted by Crippen LogP contribution is -2.13. The largest absolute Gasteiger partial charge is 0.497 e. The summed E-state index contributed by atoms with van der Waals surface area (Å²) in [5.74, 6) is 0.537. The van der Waals surface area contributed by atoms with Gasteiger partial charge in [-0.3, -0.25) is 4.79 Å². The smallest absolute Gasteiger partial charge is 0.267 e. The van der Waals surface area contributed by atoms with Crippen LogP contribution in [0.1, 0.15) is 20.8 Å². The number of nitrogens with two attached hydrogens (primary N) is 1. The molecule has 0 spiro atoms. The fourth-order valence-electron chi connectivity index (χ4n) is 4.11. The van der Waals surface area contributed by atoms with E-state index < -0.39 is 0 Å². The van der Waals surface area contributed by atoms with Crippen LogP contribution in [-0.4, -0.2) is 18.0 Å². The number of nitrogens with one attached hydrogen (secondary N) is 1. The molecule has 3 N–H and O–H groups in total. The molecule has 174 valence electrons. The maximum absolute atomic E-state index is 13.3. The minimum Gasteiger partial charge on any atom is -0.497 e. The third-order valence-electron chi connectivity index (χ3n) is 6.23. The molecule has 5 nitrogen and oxygen atoms in total. The number of aromatic nitrogens is 1. The molecule has 0 aliphatic carbocycles. The second kappa shape index (κ2) is 9.24. The third-order valence-corrected chi connectivity index (χ3v) is 7.33. The van der Waals surface area contributed by atoms with Gasteiger partial charge in [0.05, 0.1) is 18.5 Å². The quantitative estimate of drug-likeness (QED) is 0.282. The van der Waals surface area contributed by atoms with Crippen molar-refractivity contribution in [1.82, 2.24) is 4.98 Å². The second-order valence-corrected chi connectivity index (χ2v) is 9.38. The Kier molecular flexibility index (Phi) is 5.97. The van der Waals surface area contributed by atoms with Gasteiger partial charge >= 0.3 is 0 Å². The molecule has 0 saturated carbocycles. The maximum atomic E-state index is 13.3. The first-order chi connectivity index (χ1) is 17.0. The number of fused-ring (bicyclic) bond motifs is 1.